The molecule has 4 rings (SSSR count). The number of nitrogens with zero attached hydrogens (tertiary/aromatic N) is 2. The van der Waals surface area contributed by atoms with Crippen molar-refractivity contribution in [2.75, 3.05) is 44.7 Å². The van der Waals surface area contributed by atoms with Crippen molar-refractivity contribution in [1.82, 2.24) is 9.80 Å². The molecule has 2 aromatic rings. The molecule has 6 heteroatoms. The van der Waals surface area contributed by atoms with Gasteiger partial charge >= 0.3 is 0 Å². The lowest BCUT2D eigenvalue weighted by Gasteiger charge is -2.28. The lowest BCUT2D eigenvalue weighted by molar-refractivity contribution is -0.137. The zero-order valence-corrected chi connectivity index (χ0v) is 19.3. The molecule has 6 nitrogen and oxygen atoms in total. The molecule has 2 aliphatic rings. The molecule has 2 heterocycles. The summed E-state index contributed by atoms with van der Waals surface area (Å²) in [7, 11) is 0. The van der Waals surface area contributed by atoms with E-state index in [-0.39, 0.29) is 11.8 Å². The number of nitrogens with one attached hydrogen (secondary N) is 1. The van der Waals surface area contributed by atoms with Gasteiger partial charge in [-0.2, -0.15) is 0 Å². The van der Waals surface area contributed by atoms with Crippen molar-refractivity contribution in [3.8, 4) is 0 Å². The number of carbonyl (C=O) groups excluding carboxylic acids is 2. The molecule has 2 aliphatic heterocycles. The van der Waals surface area contributed by atoms with E-state index in [0.717, 1.165) is 46.6 Å². The summed E-state index contributed by atoms with van der Waals surface area (Å²) in [6, 6.07) is 12.0. The molecule has 1 N–H and O–H groups in total. The number of hydrogen-bond acceptors (Lipinski definition) is 5. The van der Waals surface area contributed by atoms with Crippen LogP contribution in [0.25, 0.3) is 5.57 Å². The topological polar surface area (TPSA) is 61.9 Å². The van der Waals surface area contributed by atoms with Crippen molar-refractivity contribution in [2.45, 2.75) is 27.7 Å². The highest BCUT2D eigenvalue weighted by Gasteiger charge is 2.39. The maximum Gasteiger partial charge on any atom is 0.278 e. The van der Waals surface area contributed by atoms with E-state index in [1.165, 1.54) is 4.90 Å². The molecular formula is C26H31N3O3. The summed E-state index contributed by atoms with van der Waals surface area (Å²) >= 11 is 0. The first kappa shape index (κ1) is 22.2. The molecule has 0 aliphatic carbocycles. The number of anilines is 1. The van der Waals surface area contributed by atoms with Gasteiger partial charge in [0, 0.05) is 31.9 Å². The number of morpholine rings is 1. The van der Waals surface area contributed by atoms with E-state index in [2.05, 4.69) is 10.2 Å². The van der Waals surface area contributed by atoms with Crippen LogP contribution < -0.4 is 5.32 Å². The van der Waals surface area contributed by atoms with Crippen molar-refractivity contribution in [2.24, 2.45) is 0 Å². The quantitative estimate of drug-likeness (QED) is 0.707. The second-order valence-electron chi connectivity index (χ2n) is 8.73. The average molecular weight is 434 g/mol. The maximum atomic E-state index is 13.5. The molecule has 0 spiro atoms. The molecule has 0 aromatic heterocycles. The van der Waals surface area contributed by atoms with Crippen LogP contribution in [0.5, 0.6) is 0 Å². The Morgan fingerprint density at radius 1 is 0.844 bits per heavy atom. The molecule has 168 valence electrons. The summed E-state index contributed by atoms with van der Waals surface area (Å²) in [6.07, 6.45) is 0. The third kappa shape index (κ3) is 4.47. The first-order valence-corrected chi connectivity index (χ1v) is 11.2. The minimum Gasteiger partial charge on any atom is -0.379 e. The highest BCUT2D eigenvalue weighted by atomic mass is 16.5. The number of aryl methyl sites for hydroxylation is 4. The predicted molar refractivity (Wildman–Crippen MR) is 126 cm³/mol. The molecule has 2 amide bonds. The van der Waals surface area contributed by atoms with Crippen LogP contribution in [0.1, 0.15) is 27.8 Å². The van der Waals surface area contributed by atoms with Gasteiger partial charge in [0.1, 0.15) is 5.70 Å². The number of carbonyl (C=O) groups is 2. The zero-order chi connectivity index (χ0) is 22.8. The van der Waals surface area contributed by atoms with Crippen LogP contribution in [0.4, 0.5) is 5.69 Å². The highest BCUT2D eigenvalue weighted by molar-refractivity contribution is 6.36. The molecule has 0 radical (unpaired) electrons. The summed E-state index contributed by atoms with van der Waals surface area (Å²) in [4.78, 5) is 30.7. The molecule has 0 unspecified atom stereocenters. The molecule has 32 heavy (non-hydrogen) atoms. The fourth-order valence-electron chi connectivity index (χ4n) is 4.31. The van der Waals surface area contributed by atoms with E-state index in [9.17, 15) is 9.59 Å². The van der Waals surface area contributed by atoms with Gasteiger partial charge in [0.2, 0.25) is 0 Å². The summed E-state index contributed by atoms with van der Waals surface area (Å²) in [5.41, 5.74) is 6.68. The maximum absolute atomic E-state index is 13.5. The lowest BCUT2D eigenvalue weighted by Crippen LogP contribution is -2.43. The number of imide groups is 1. The van der Waals surface area contributed by atoms with Gasteiger partial charge in [-0.3, -0.25) is 19.4 Å². The van der Waals surface area contributed by atoms with Crippen molar-refractivity contribution in [1.29, 1.82) is 0 Å². The minimum absolute atomic E-state index is 0.233. The number of hydrogen-bond donors (Lipinski definition) is 1. The van der Waals surface area contributed by atoms with Gasteiger partial charge in [0.25, 0.3) is 11.8 Å². The Balaban J connectivity index is 1.69. The van der Waals surface area contributed by atoms with Crippen molar-refractivity contribution in [3.63, 3.8) is 0 Å². The van der Waals surface area contributed by atoms with E-state index < -0.39 is 0 Å². The Bertz CT molecular complexity index is 1080. The van der Waals surface area contributed by atoms with Crippen LogP contribution in [0, 0.1) is 27.7 Å². The second-order valence-corrected chi connectivity index (χ2v) is 8.73. The Morgan fingerprint density at radius 3 is 2.25 bits per heavy atom. The largest absolute Gasteiger partial charge is 0.379 e. The Hall–Kier alpha value is -2.96. The van der Waals surface area contributed by atoms with Crippen LogP contribution in [0.2, 0.25) is 0 Å². The number of rotatable bonds is 6. The Morgan fingerprint density at radius 2 is 1.53 bits per heavy atom. The first-order valence-electron chi connectivity index (χ1n) is 11.2. The standard InChI is InChI=1S/C26H31N3O3/c1-17-6-8-21(20(4)15-17)23-24(27-22-16-18(2)5-7-19(22)3)26(31)29(25(23)30)10-9-28-11-13-32-14-12-28/h5-8,15-16,27H,9-14H2,1-4H3. The fourth-order valence-corrected chi connectivity index (χ4v) is 4.31. The zero-order valence-electron chi connectivity index (χ0n) is 19.3. The van der Waals surface area contributed by atoms with E-state index in [4.69, 9.17) is 4.74 Å². The van der Waals surface area contributed by atoms with Gasteiger partial charge in [0.05, 0.1) is 18.8 Å². The number of ether oxygens (including phenoxy) is 1. The van der Waals surface area contributed by atoms with E-state index in [1.807, 2.05) is 64.1 Å². The Kier molecular flexibility index (Phi) is 6.44. The van der Waals surface area contributed by atoms with Gasteiger partial charge in [-0.05, 0) is 56.0 Å². The first-order chi connectivity index (χ1) is 15.3. The van der Waals surface area contributed by atoms with Crippen LogP contribution in [-0.2, 0) is 14.3 Å². The smallest absolute Gasteiger partial charge is 0.278 e. The Labute approximate surface area is 189 Å². The van der Waals surface area contributed by atoms with Gasteiger partial charge in [0.15, 0.2) is 0 Å². The molecular weight excluding hydrogens is 402 g/mol. The molecule has 0 saturated carbocycles. The van der Waals surface area contributed by atoms with Crippen molar-refractivity contribution >= 4 is 23.1 Å². The second kappa shape index (κ2) is 9.27. The van der Waals surface area contributed by atoms with Crippen LogP contribution in [0.3, 0.4) is 0 Å². The van der Waals surface area contributed by atoms with Crippen molar-refractivity contribution in [3.05, 3.63) is 69.9 Å². The van der Waals surface area contributed by atoms with Gasteiger partial charge in [-0.1, -0.05) is 35.9 Å². The average Bonchev–Trinajstić information content (AvgIpc) is 2.99. The number of amides is 2. The summed E-state index contributed by atoms with van der Waals surface area (Å²) in [5, 5.41) is 3.32. The summed E-state index contributed by atoms with van der Waals surface area (Å²) < 4.78 is 5.41. The molecule has 2 aromatic carbocycles. The molecule has 0 bridgehead atoms. The predicted octanol–water partition coefficient (Wildman–Crippen LogP) is 3.44. The summed E-state index contributed by atoms with van der Waals surface area (Å²) in [5.74, 6) is -0.498. The van der Waals surface area contributed by atoms with Gasteiger partial charge < -0.3 is 10.1 Å². The molecule has 0 atom stereocenters. The normalized spacial score (nSPS) is 17.4. The summed E-state index contributed by atoms with van der Waals surface area (Å²) in [6.45, 7) is 12.1. The monoisotopic (exact) mass is 433 g/mol. The molecule has 1 fully saturated rings. The van der Waals surface area contributed by atoms with Gasteiger partial charge in [-0.15, -0.1) is 0 Å². The van der Waals surface area contributed by atoms with E-state index >= 15 is 0 Å². The van der Waals surface area contributed by atoms with E-state index in [0.29, 0.717) is 37.6 Å². The SMILES string of the molecule is Cc1ccc(C2=C(Nc3cc(C)ccc3C)C(=O)N(CCN3CCOCC3)C2=O)c(C)c1. The number of benzene rings is 2. The van der Waals surface area contributed by atoms with Crippen LogP contribution in [0.15, 0.2) is 42.1 Å². The highest BCUT2D eigenvalue weighted by Crippen LogP contribution is 2.33. The minimum atomic E-state index is -0.265. The fraction of sp³-hybridized carbons (Fsp3) is 0.385. The van der Waals surface area contributed by atoms with Gasteiger partial charge in [-0.25, -0.2) is 0 Å². The van der Waals surface area contributed by atoms with E-state index in [1.54, 1.807) is 0 Å². The van der Waals surface area contributed by atoms with Crippen LogP contribution >= 0.6 is 0 Å². The lowest BCUT2D eigenvalue weighted by atomic mass is 9.97. The third-order valence-electron chi connectivity index (χ3n) is 6.22. The van der Waals surface area contributed by atoms with Crippen LogP contribution in [-0.4, -0.2) is 61.0 Å². The third-order valence-corrected chi connectivity index (χ3v) is 6.22. The molecule has 1 saturated heterocycles. The van der Waals surface area contributed by atoms with Crippen molar-refractivity contribution < 1.29 is 14.3 Å².